The maximum absolute atomic E-state index is 9.65. The summed E-state index contributed by atoms with van der Waals surface area (Å²) in [4.78, 5) is 0. The van der Waals surface area contributed by atoms with Gasteiger partial charge >= 0.3 is 0 Å². The number of aliphatic hydroxyl groups excluding tert-OH is 1. The van der Waals surface area contributed by atoms with Crippen molar-refractivity contribution in [3.8, 4) is 5.75 Å². The van der Waals surface area contributed by atoms with Crippen LogP contribution >= 0.6 is 0 Å². The molecule has 0 aromatic heterocycles. The van der Waals surface area contributed by atoms with Crippen molar-refractivity contribution < 1.29 is 9.84 Å². The maximum atomic E-state index is 9.65. The van der Waals surface area contributed by atoms with Crippen LogP contribution in [0.1, 0.15) is 23.1 Å². The summed E-state index contributed by atoms with van der Waals surface area (Å²) in [7, 11) is 0. The van der Waals surface area contributed by atoms with Crippen LogP contribution in [-0.2, 0) is 5.54 Å². The van der Waals surface area contributed by atoms with E-state index in [0.29, 0.717) is 13.0 Å². The number of hydrogen-bond acceptors (Lipinski definition) is 3. The van der Waals surface area contributed by atoms with Crippen LogP contribution in [-0.4, -0.2) is 18.3 Å². The third-order valence-corrected chi connectivity index (χ3v) is 3.77. The molecule has 3 N–H and O–H groups in total. The molecular weight excluding hydrogens is 262 g/mol. The van der Waals surface area contributed by atoms with Crippen LogP contribution in [0.3, 0.4) is 0 Å². The fourth-order valence-electron chi connectivity index (χ4n) is 2.39. The van der Waals surface area contributed by atoms with Crippen LogP contribution < -0.4 is 10.5 Å². The second-order valence-corrected chi connectivity index (χ2v) is 5.55. The standard InChI is InChI=1S/C18H23NO2/c1-14-8-9-17(15(2)12-14)21-11-10-18(19,13-20)16-6-4-3-5-7-16/h3-9,12,20H,10-11,13,19H2,1-2H3. The first-order valence-corrected chi connectivity index (χ1v) is 7.20. The highest BCUT2D eigenvalue weighted by Gasteiger charge is 2.26. The predicted octanol–water partition coefficient (Wildman–Crippen LogP) is 2.92. The summed E-state index contributed by atoms with van der Waals surface area (Å²) >= 11 is 0. The average Bonchev–Trinajstić information content (AvgIpc) is 2.50. The summed E-state index contributed by atoms with van der Waals surface area (Å²) in [6, 6.07) is 15.8. The number of benzene rings is 2. The molecule has 0 radical (unpaired) electrons. The van der Waals surface area contributed by atoms with Gasteiger partial charge in [0.05, 0.1) is 18.8 Å². The lowest BCUT2D eigenvalue weighted by molar-refractivity contribution is 0.162. The molecule has 112 valence electrons. The SMILES string of the molecule is Cc1ccc(OCCC(N)(CO)c2ccccc2)c(C)c1. The van der Waals surface area contributed by atoms with Gasteiger partial charge in [-0.25, -0.2) is 0 Å². The summed E-state index contributed by atoms with van der Waals surface area (Å²) < 4.78 is 5.82. The molecule has 1 unspecified atom stereocenters. The highest BCUT2D eigenvalue weighted by molar-refractivity contribution is 5.35. The van der Waals surface area contributed by atoms with Crippen LogP contribution in [0.25, 0.3) is 0 Å². The van der Waals surface area contributed by atoms with Gasteiger partial charge in [0, 0.05) is 6.42 Å². The van der Waals surface area contributed by atoms with Gasteiger partial charge in [0.1, 0.15) is 5.75 Å². The van der Waals surface area contributed by atoms with Gasteiger partial charge in [-0.1, -0.05) is 48.0 Å². The van der Waals surface area contributed by atoms with E-state index in [9.17, 15) is 5.11 Å². The van der Waals surface area contributed by atoms with Gasteiger partial charge in [0.2, 0.25) is 0 Å². The zero-order valence-corrected chi connectivity index (χ0v) is 12.7. The number of ether oxygens (including phenoxy) is 1. The minimum atomic E-state index is -0.764. The lowest BCUT2D eigenvalue weighted by Gasteiger charge is -2.28. The van der Waals surface area contributed by atoms with E-state index in [1.54, 1.807) is 0 Å². The third-order valence-electron chi connectivity index (χ3n) is 3.77. The Labute approximate surface area is 126 Å². The second kappa shape index (κ2) is 6.74. The van der Waals surface area contributed by atoms with Gasteiger partial charge in [-0.15, -0.1) is 0 Å². The molecule has 0 aliphatic rings. The first-order chi connectivity index (χ1) is 10.0. The lowest BCUT2D eigenvalue weighted by Crippen LogP contribution is -2.41. The van der Waals surface area contributed by atoms with Crippen LogP contribution in [0.5, 0.6) is 5.75 Å². The molecule has 0 amide bonds. The maximum Gasteiger partial charge on any atom is 0.122 e. The molecule has 3 nitrogen and oxygen atoms in total. The van der Waals surface area contributed by atoms with E-state index in [1.165, 1.54) is 5.56 Å². The van der Waals surface area contributed by atoms with Gasteiger partial charge in [0.15, 0.2) is 0 Å². The van der Waals surface area contributed by atoms with Crippen molar-refractivity contribution in [3.05, 3.63) is 65.2 Å². The molecule has 0 spiro atoms. The zero-order chi connectivity index (χ0) is 15.3. The molecule has 0 heterocycles. The van der Waals surface area contributed by atoms with Crippen molar-refractivity contribution >= 4 is 0 Å². The minimum absolute atomic E-state index is 0.104. The van der Waals surface area contributed by atoms with Crippen molar-refractivity contribution in [1.82, 2.24) is 0 Å². The van der Waals surface area contributed by atoms with E-state index in [1.807, 2.05) is 49.4 Å². The van der Waals surface area contributed by atoms with E-state index in [0.717, 1.165) is 16.9 Å². The van der Waals surface area contributed by atoms with E-state index >= 15 is 0 Å². The van der Waals surface area contributed by atoms with Crippen LogP contribution in [0.15, 0.2) is 48.5 Å². The predicted molar refractivity (Wildman–Crippen MR) is 85.4 cm³/mol. The van der Waals surface area contributed by atoms with Gasteiger partial charge in [-0.05, 0) is 31.0 Å². The Morgan fingerprint density at radius 3 is 2.43 bits per heavy atom. The molecule has 2 rings (SSSR count). The molecule has 2 aromatic rings. The molecule has 2 aromatic carbocycles. The molecular formula is C18H23NO2. The Kier molecular flexibility index (Phi) is 4.99. The zero-order valence-electron chi connectivity index (χ0n) is 12.7. The Balaban J connectivity index is 2.01. The normalized spacial score (nSPS) is 13.7. The minimum Gasteiger partial charge on any atom is -0.493 e. The van der Waals surface area contributed by atoms with Crippen LogP contribution in [0.2, 0.25) is 0 Å². The van der Waals surface area contributed by atoms with Crippen molar-refractivity contribution in [2.75, 3.05) is 13.2 Å². The highest BCUT2D eigenvalue weighted by Crippen LogP contribution is 2.23. The molecule has 0 saturated carbocycles. The average molecular weight is 285 g/mol. The summed E-state index contributed by atoms with van der Waals surface area (Å²) in [6.07, 6.45) is 0.556. The first kappa shape index (κ1) is 15.5. The van der Waals surface area contributed by atoms with E-state index in [2.05, 4.69) is 13.0 Å². The number of hydrogen-bond donors (Lipinski definition) is 2. The van der Waals surface area contributed by atoms with Crippen molar-refractivity contribution in [2.45, 2.75) is 25.8 Å². The second-order valence-electron chi connectivity index (χ2n) is 5.55. The molecule has 0 saturated heterocycles. The smallest absolute Gasteiger partial charge is 0.122 e. The van der Waals surface area contributed by atoms with Crippen molar-refractivity contribution in [3.63, 3.8) is 0 Å². The molecule has 0 bridgehead atoms. The van der Waals surface area contributed by atoms with E-state index < -0.39 is 5.54 Å². The summed E-state index contributed by atoms with van der Waals surface area (Å²) in [5.74, 6) is 0.869. The van der Waals surface area contributed by atoms with Crippen LogP contribution in [0, 0.1) is 13.8 Å². The first-order valence-electron chi connectivity index (χ1n) is 7.20. The molecule has 21 heavy (non-hydrogen) atoms. The number of aryl methyl sites for hydroxylation is 2. The quantitative estimate of drug-likeness (QED) is 0.858. The molecule has 1 atom stereocenters. The lowest BCUT2D eigenvalue weighted by atomic mass is 9.89. The number of nitrogens with two attached hydrogens (primary N) is 1. The van der Waals surface area contributed by atoms with E-state index in [4.69, 9.17) is 10.5 Å². The summed E-state index contributed by atoms with van der Waals surface area (Å²) in [6.45, 7) is 4.45. The topological polar surface area (TPSA) is 55.5 Å². The Bertz CT molecular complexity index is 583. The summed E-state index contributed by atoms with van der Waals surface area (Å²) in [5, 5.41) is 9.65. The number of aliphatic hydroxyl groups is 1. The van der Waals surface area contributed by atoms with Crippen LogP contribution in [0.4, 0.5) is 0 Å². The Morgan fingerprint density at radius 2 is 1.81 bits per heavy atom. The Hall–Kier alpha value is -1.84. The van der Waals surface area contributed by atoms with Crippen molar-refractivity contribution in [1.29, 1.82) is 0 Å². The van der Waals surface area contributed by atoms with Gasteiger partial charge in [0.25, 0.3) is 0 Å². The van der Waals surface area contributed by atoms with Gasteiger partial charge in [-0.2, -0.15) is 0 Å². The molecule has 0 aliphatic carbocycles. The van der Waals surface area contributed by atoms with Gasteiger partial charge < -0.3 is 15.6 Å². The molecule has 0 aliphatic heterocycles. The highest BCUT2D eigenvalue weighted by atomic mass is 16.5. The fraction of sp³-hybridized carbons (Fsp3) is 0.333. The molecule has 0 fully saturated rings. The monoisotopic (exact) mass is 285 g/mol. The number of rotatable bonds is 6. The van der Waals surface area contributed by atoms with E-state index in [-0.39, 0.29) is 6.61 Å². The van der Waals surface area contributed by atoms with Crippen molar-refractivity contribution in [2.24, 2.45) is 5.73 Å². The largest absolute Gasteiger partial charge is 0.493 e. The van der Waals surface area contributed by atoms with Gasteiger partial charge in [-0.3, -0.25) is 0 Å². The fourth-order valence-corrected chi connectivity index (χ4v) is 2.39. The third kappa shape index (κ3) is 3.84. The summed E-state index contributed by atoms with van der Waals surface area (Å²) in [5.41, 5.74) is 8.81. The Morgan fingerprint density at radius 1 is 1.10 bits per heavy atom. The molecule has 3 heteroatoms.